The van der Waals surface area contributed by atoms with Crippen LogP contribution in [-0.4, -0.2) is 35.1 Å². The van der Waals surface area contributed by atoms with Gasteiger partial charge in [0.05, 0.1) is 5.75 Å². The first-order chi connectivity index (χ1) is 13.0. The van der Waals surface area contributed by atoms with Crippen LogP contribution in [0.1, 0.15) is 31.4 Å². The van der Waals surface area contributed by atoms with Gasteiger partial charge < -0.3 is 10.2 Å². The third-order valence-electron chi connectivity index (χ3n) is 4.32. The molecule has 0 aliphatic rings. The molecule has 27 heavy (non-hydrogen) atoms. The molecule has 2 aromatic carbocycles. The van der Waals surface area contributed by atoms with Crippen LogP contribution >= 0.6 is 11.8 Å². The van der Waals surface area contributed by atoms with E-state index in [1.165, 1.54) is 17.3 Å². The van der Waals surface area contributed by atoms with Gasteiger partial charge in [-0.3, -0.25) is 9.59 Å². The lowest BCUT2D eigenvalue weighted by atomic mass is 10.1. The summed E-state index contributed by atoms with van der Waals surface area (Å²) >= 11 is 1.51. The molecule has 0 aliphatic carbocycles. The van der Waals surface area contributed by atoms with Crippen LogP contribution in [0.5, 0.6) is 0 Å². The highest BCUT2D eigenvalue weighted by Crippen LogP contribution is 2.21. The van der Waals surface area contributed by atoms with Crippen LogP contribution in [0.25, 0.3) is 0 Å². The van der Waals surface area contributed by atoms with Gasteiger partial charge in [-0.15, -0.1) is 11.8 Å². The van der Waals surface area contributed by atoms with E-state index >= 15 is 0 Å². The van der Waals surface area contributed by atoms with Gasteiger partial charge in [0, 0.05) is 18.0 Å². The van der Waals surface area contributed by atoms with Crippen LogP contribution in [0, 0.1) is 6.92 Å². The van der Waals surface area contributed by atoms with Gasteiger partial charge in [0.1, 0.15) is 6.04 Å². The Morgan fingerprint density at radius 2 is 1.70 bits per heavy atom. The molecular weight excluding hydrogens is 356 g/mol. The molecule has 0 radical (unpaired) electrons. The predicted octanol–water partition coefficient (Wildman–Crippen LogP) is 4.03. The number of carbonyl (C=O) groups excluding carboxylic acids is 2. The molecule has 0 fully saturated rings. The van der Waals surface area contributed by atoms with E-state index in [0.29, 0.717) is 25.3 Å². The molecule has 0 bridgehead atoms. The summed E-state index contributed by atoms with van der Waals surface area (Å²) in [6.45, 7) is 6.86. The zero-order chi connectivity index (χ0) is 19.6. The van der Waals surface area contributed by atoms with Crippen molar-refractivity contribution in [3.63, 3.8) is 0 Å². The van der Waals surface area contributed by atoms with Crippen molar-refractivity contribution in [2.45, 2.75) is 44.7 Å². The first kappa shape index (κ1) is 21.0. The van der Waals surface area contributed by atoms with E-state index in [4.69, 9.17) is 0 Å². The molecule has 1 atom stereocenters. The highest BCUT2D eigenvalue weighted by molar-refractivity contribution is 8.00. The van der Waals surface area contributed by atoms with Gasteiger partial charge in [-0.05, 0) is 38.0 Å². The van der Waals surface area contributed by atoms with Crippen molar-refractivity contribution in [2.24, 2.45) is 0 Å². The van der Waals surface area contributed by atoms with Crippen molar-refractivity contribution < 1.29 is 9.59 Å². The van der Waals surface area contributed by atoms with Crippen molar-refractivity contribution in [3.05, 3.63) is 65.7 Å². The van der Waals surface area contributed by atoms with Crippen molar-refractivity contribution in [2.75, 3.05) is 12.3 Å². The standard InChI is InChI=1S/C22H28N2O2S/c1-4-20(22(26)23-5-2)24(15-18-9-7-6-8-10-18)21(25)16-27-19-13-11-17(3)12-14-19/h6-14,20H,4-5,15-16H2,1-3H3,(H,23,26). The summed E-state index contributed by atoms with van der Waals surface area (Å²) in [5.74, 6) is 0.193. The van der Waals surface area contributed by atoms with E-state index in [9.17, 15) is 9.59 Å². The normalized spacial score (nSPS) is 11.7. The maximum Gasteiger partial charge on any atom is 0.242 e. The molecule has 0 saturated carbocycles. The molecule has 2 rings (SSSR count). The number of nitrogens with zero attached hydrogens (tertiary/aromatic N) is 1. The number of rotatable bonds is 9. The lowest BCUT2D eigenvalue weighted by molar-refractivity contribution is -0.139. The summed E-state index contributed by atoms with van der Waals surface area (Å²) in [6, 6.07) is 17.5. The third kappa shape index (κ3) is 6.43. The molecule has 1 N–H and O–H groups in total. The van der Waals surface area contributed by atoms with Gasteiger partial charge in [-0.2, -0.15) is 0 Å². The van der Waals surface area contributed by atoms with E-state index in [-0.39, 0.29) is 11.8 Å². The van der Waals surface area contributed by atoms with Crippen molar-refractivity contribution in [3.8, 4) is 0 Å². The largest absolute Gasteiger partial charge is 0.355 e. The summed E-state index contributed by atoms with van der Waals surface area (Å²) in [4.78, 5) is 28.3. The number of carbonyl (C=O) groups is 2. The molecule has 4 nitrogen and oxygen atoms in total. The van der Waals surface area contributed by atoms with E-state index < -0.39 is 6.04 Å². The molecule has 2 amide bonds. The Bertz CT molecular complexity index is 732. The Morgan fingerprint density at radius 1 is 1.04 bits per heavy atom. The Balaban J connectivity index is 2.14. The zero-order valence-corrected chi connectivity index (χ0v) is 17.1. The Morgan fingerprint density at radius 3 is 2.30 bits per heavy atom. The monoisotopic (exact) mass is 384 g/mol. The summed E-state index contributed by atoms with van der Waals surface area (Å²) in [6.07, 6.45) is 0.583. The minimum atomic E-state index is -0.462. The number of aryl methyl sites for hydroxylation is 1. The van der Waals surface area contributed by atoms with E-state index in [1.807, 2.05) is 75.4 Å². The summed E-state index contributed by atoms with van der Waals surface area (Å²) < 4.78 is 0. The molecule has 5 heteroatoms. The van der Waals surface area contributed by atoms with Crippen molar-refractivity contribution in [1.29, 1.82) is 0 Å². The Labute approximate surface area is 166 Å². The second-order valence-corrected chi connectivity index (χ2v) is 7.48. The second-order valence-electron chi connectivity index (χ2n) is 6.43. The molecule has 1 unspecified atom stereocenters. The van der Waals surface area contributed by atoms with Crippen LogP contribution in [0.4, 0.5) is 0 Å². The molecule has 0 heterocycles. The fourth-order valence-corrected chi connectivity index (χ4v) is 3.64. The maximum atomic E-state index is 13.0. The lowest BCUT2D eigenvalue weighted by Crippen LogP contribution is -2.49. The number of likely N-dealkylation sites (N-methyl/N-ethyl adjacent to an activating group) is 1. The van der Waals surface area contributed by atoms with Gasteiger partial charge >= 0.3 is 0 Å². The highest BCUT2D eigenvalue weighted by Gasteiger charge is 2.28. The van der Waals surface area contributed by atoms with Crippen LogP contribution in [-0.2, 0) is 16.1 Å². The SMILES string of the molecule is CCNC(=O)C(CC)N(Cc1ccccc1)C(=O)CSc1ccc(C)cc1. The van der Waals surface area contributed by atoms with Gasteiger partial charge in [-0.25, -0.2) is 0 Å². The predicted molar refractivity (Wildman–Crippen MR) is 112 cm³/mol. The lowest BCUT2D eigenvalue weighted by Gasteiger charge is -2.30. The first-order valence-corrected chi connectivity index (χ1v) is 10.3. The molecule has 0 saturated heterocycles. The Kier molecular flexibility index (Phi) is 8.40. The van der Waals surface area contributed by atoms with E-state index in [0.717, 1.165) is 10.5 Å². The number of benzene rings is 2. The third-order valence-corrected chi connectivity index (χ3v) is 5.31. The summed E-state index contributed by atoms with van der Waals surface area (Å²) in [7, 11) is 0. The van der Waals surface area contributed by atoms with Gasteiger partial charge in [-0.1, -0.05) is 55.0 Å². The molecule has 0 aromatic heterocycles. The minimum absolute atomic E-state index is 0.0254. The van der Waals surface area contributed by atoms with Crippen molar-refractivity contribution >= 4 is 23.6 Å². The molecule has 144 valence electrons. The number of hydrogen-bond donors (Lipinski definition) is 1. The van der Waals surface area contributed by atoms with Gasteiger partial charge in [0.2, 0.25) is 11.8 Å². The fourth-order valence-electron chi connectivity index (χ4n) is 2.85. The fraction of sp³-hybridized carbons (Fsp3) is 0.364. The van der Waals surface area contributed by atoms with Gasteiger partial charge in [0.25, 0.3) is 0 Å². The Hall–Kier alpha value is -2.27. The van der Waals surface area contributed by atoms with Crippen LogP contribution in [0.3, 0.4) is 0 Å². The van der Waals surface area contributed by atoms with E-state index in [1.54, 1.807) is 4.90 Å². The second kappa shape index (κ2) is 10.8. The summed E-state index contributed by atoms with van der Waals surface area (Å²) in [5, 5.41) is 2.86. The number of thioether (sulfide) groups is 1. The first-order valence-electron chi connectivity index (χ1n) is 9.35. The van der Waals surface area contributed by atoms with Crippen LogP contribution in [0.2, 0.25) is 0 Å². The summed E-state index contributed by atoms with van der Waals surface area (Å²) in [5.41, 5.74) is 2.22. The number of hydrogen-bond acceptors (Lipinski definition) is 3. The minimum Gasteiger partial charge on any atom is -0.355 e. The van der Waals surface area contributed by atoms with Crippen molar-refractivity contribution in [1.82, 2.24) is 10.2 Å². The molecule has 0 spiro atoms. The van der Waals surface area contributed by atoms with Crippen LogP contribution in [0.15, 0.2) is 59.5 Å². The van der Waals surface area contributed by atoms with E-state index in [2.05, 4.69) is 5.32 Å². The average Bonchev–Trinajstić information content (AvgIpc) is 2.68. The maximum absolute atomic E-state index is 13.0. The molecular formula is C22H28N2O2S. The molecule has 0 aliphatic heterocycles. The average molecular weight is 385 g/mol. The number of nitrogens with one attached hydrogen (secondary N) is 1. The number of amides is 2. The quantitative estimate of drug-likeness (QED) is 0.664. The smallest absolute Gasteiger partial charge is 0.242 e. The topological polar surface area (TPSA) is 49.4 Å². The van der Waals surface area contributed by atoms with Gasteiger partial charge in [0.15, 0.2) is 0 Å². The molecule has 2 aromatic rings. The van der Waals surface area contributed by atoms with Crippen LogP contribution < -0.4 is 5.32 Å². The zero-order valence-electron chi connectivity index (χ0n) is 16.3. The highest BCUT2D eigenvalue weighted by atomic mass is 32.2.